The Kier molecular flexibility index (Phi) is 4.31. The van der Waals surface area contributed by atoms with Crippen LogP contribution in [0, 0.1) is 11.8 Å². The summed E-state index contributed by atoms with van der Waals surface area (Å²) in [5.41, 5.74) is 3.53. The summed E-state index contributed by atoms with van der Waals surface area (Å²) in [5.74, 6) is 8.14. The highest BCUT2D eigenvalue weighted by Gasteiger charge is 2.41. The molecule has 2 saturated carbocycles. The van der Waals surface area contributed by atoms with E-state index in [-0.39, 0.29) is 10.7 Å². The molecule has 5 rings (SSSR count). The summed E-state index contributed by atoms with van der Waals surface area (Å²) in [6.45, 7) is 1.44. The van der Waals surface area contributed by atoms with E-state index in [9.17, 15) is 0 Å². The minimum Gasteiger partial charge on any atom is -0.496 e. The van der Waals surface area contributed by atoms with E-state index in [1.165, 1.54) is 36.8 Å². The van der Waals surface area contributed by atoms with Gasteiger partial charge in [0.1, 0.15) is 11.6 Å². The van der Waals surface area contributed by atoms with Crippen LogP contribution in [-0.4, -0.2) is 33.8 Å². The van der Waals surface area contributed by atoms with Gasteiger partial charge < -0.3 is 9.46 Å². The molecule has 27 heavy (non-hydrogen) atoms. The lowest BCUT2D eigenvalue weighted by atomic mass is 10.0. The van der Waals surface area contributed by atoms with E-state index in [4.69, 9.17) is 9.73 Å². The van der Waals surface area contributed by atoms with Crippen LogP contribution in [0.3, 0.4) is 0 Å². The van der Waals surface area contributed by atoms with Crippen molar-refractivity contribution in [2.45, 2.75) is 44.0 Å². The summed E-state index contributed by atoms with van der Waals surface area (Å²) in [5, 5.41) is 5.01. The predicted octanol–water partition coefficient (Wildman–Crippen LogP) is 3.59. The molecule has 0 radical (unpaired) electrons. The van der Waals surface area contributed by atoms with E-state index in [0.717, 1.165) is 35.5 Å². The largest absolute Gasteiger partial charge is 0.496 e. The Morgan fingerprint density at radius 3 is 2.96 bits per heavy atom. The first kappa shape index (κ1) is 17.0. The van der Waals surface area contributed by atoms with Crippen molar-refractivity contribution in [2.24, 2.45) is 16.8 Å². The van der Waals surface area contributed by atoms with Gasteiger partial charge in [-0.1, -0.05) is 29.0 Å². The number of aromatic nitrogens is 2. The first-order valence-electron chi connectivity index (χ1n) is 9.72. The van der Waals surface area contributed by atoms with Gasteiger partial charge in [0, 0.05) is 17.6 Å². The smallest absolute Gasteiger partial charge is 0.142 e. The van der Waals surface area contributed by atoms with Crippen LogP contribution < -0.4 is 9.46 Å². The molecule has 142 valence electrons. The van der Waals surface area contributed by atoms with Crippen LogP contribution in [0.1, 0.15) is 42.4 Å². The van der Waals surface area contributed by atoms with E-state index in [1.807, 2.05) is 16.9 Å². The van der Waals surface area contributed by atoms with Crippen molar-refractivity contribution in [3.63, 3.8) is 0 Å². The standard InChI is InChI=1S/C21H26N4OS/c1-26-18-10-15(13-25-7-3-6-23-25)9-17-12-22-21(20(17)18)24-27(2)19-11-14-4-5-16(19)8-14/h3,6-7,9-10,14,16,19H,2,4-5,8,11-13H2,1H3,(H,22,24)/t14-,16+,19?,27?/m0/s1. The van der Waals surface area contributed by atoms with Gasteiger partial charge >= 0.3 is 0 Å². The fraction of sp³-hybridized carbons (Fsp3) is 0.476. The molecule has 1 aromatic heterocycles. The molecule has 2 unspecified atom stereocenters. The first-order chi connectivity index (χ1) is 13.2. The van der Waals surface area contributed by atoms with Gasteiger partial charge in [-0.25, -0.2) is 0 Å². The maximum absolute atomic E-state index is 5.74. The molecule has 0 saturated heterocycles. The molecule has 1 N–H and O–H groups in total. The van der Waals surface area contributed by atoms with Crippen LogP contribution >= 0.6 is 10.7 Å². The van der Waals surface area contributed by atoms with Gasteiger partial charge in [0.05, 0.1) is 25.8 Å². The Morgan fingerprint density at radius 1 is 1.33 bits per heavy atom. The third kappa shape index (κ3) is 3.10. The minimum absolute atomic E-state index is 0.0841. The number of hydrogen-bond donors (Lipinski definition) is 1. The number of aliphatic imine (C=N–C) groups is 1. The molecule has 5 nitrogen and oxygen atoms in total. The number of amidine groups is 1. The maximum Gasteiger partial charge on any atom is 0.142 e. The quantitative estimate of drug-likeness (QED) is 0.804. The highest BCUT2D eigenvalue weighted by molar-refractivity contribution is 8.13. The fourth-order valence-electron chi connectivity index (χ4n) is 5.02. The lowest BCUT2D eigenvalue weighted by molar-refractivity contribution is 0.413. The van der Waals surface area contributed by atoms with Gasteiger partial charge in [-0.15, -0.1) is 0 Å². The van der Waals surface area contributed by atoms with E-state index in [1.54, 1.807) is 13.3 Å². The monoisotopic (exact) mass is 382 g/mol. The summed E-state index contributed by atoms with van der Waals surface area (Å²) >= 11 is 0. The molecule has 0 amide bonds. The Balaban J connectivity index is 1.36. The number of ether oxygens (including phenoxy) is 1. The summed E-state index contributed by atoms with van der Waals surface area (Å²) in [4.78, 5) is 4.79. The second kappa shape index (κ2) is 6.82. The first-order valence-corrected chi connectivity index (χ1v) is 11.2. The lowest BCUT2D eigenvalue weighted by Crippen LogP contribution is -2.26. The Hall–Kier alpha value is -2.08. The highest BCUT2D eigenvalue weighted by Crippen LogP contribution is 2.50. The van der Waals surface area contributed by atoms with Crippen LogP contribution in [-0.2, 0) is 13.1 Å². The Labute approximate surface area is 162 Å². The van der Waals surface area contributed by atoms with Crippen LogP contribution in [0.25, 0.3) is 0 Å². The van der Waals surface area contributed by atoms with E-state index in [2.05, 4.69) is 27.8 Å². The molecule has 1 aliphatic heterocycles. The third-order valence-corrected chi connectivity index (χ3v) is 8.04. The average Bonchev–Trinajstić information content (AvgIpc) is 3.46. The van der Waals surface area contributed by atoms with Crippen LogP contribution in [0.5, 0.6) is 5.75 Å². The summed E-state index contributed by atoms with van der Waals surface area (Å²) < 4.78 is 11.3. The zero-order valence-electron chi connectivity index (χ0n) is 15.7. The molecule has 2 aliphatic carbocycles. The second-order valence-corrected chi connectivity index (χ2v) is 9.61. The van der Waals surface area contributed by atoms with Crippen molar-refractivity contribution in [2.75, 3.05) is 7.11 Å². The SMILES string of the molecule is C=S(NC1=NCc2cc(Cn3cccn3)cc(OC)c21)C1C[C@H]2CC[C@@H]1C2. The zero-order valence-corrected chi connectivity index (χ0v) is 16.5. The van der Waals surface area contributed by atoms with E-state index in [0.29, 0.717) is 11.8 Å². The van der Waals surface area contributed by atoms with Crippen molar-refractivity contribution in [1.29, 1.82) is 0 Å². The molecule has 2 fully saturated rings. The molecule has 2 heterocycles. The Morgan fingerprint density at radius 2 is 2.26 bits per heavy atom. The third-order valence-electron chi connectivity index (χ3n) is 6.28. The molecule has 6 heteroatoms. The summed E-state index contributed by atoms with van der Waals surface area (Å²) in [7, 11) is 1.66. The molecule has 2 aromatic rings. The van der Waals surface area contributed by atoms with Crippen LogP contribution in [0.15, 0.2) is 35.6 Å². The molecule has 1 aromatic carbocycles. The zero-order chi connectivity index (χ0) is 18.4. The molecule has 0 spiro atoms. The molecular weight excluding hydrogens is 356 g/mol. The lowest BCUT2D eigenvalue weighted by Gasteiger charge is -2.26. The summed E-state index contributed by atoms with van der Waals surface area (Å²) in [6, 6.07) is 6.29. The summed E-state index contributed by atoms with van der Waals surface area (Å²) in [6.07, 6.45) is 9.35. The van der Waals surface area contributed by atoms with Gasteiger partial charge in [0.2, 0.25) is 0 Å². The number of fused-ring (bicyclic) bond motifs is 3. The van der Waals surface area contributed by atoms with E-state index < -0.39 is 0 Å². The van der Waals surface area contributed by atoms with Crippen molar-refractivity contribution >= 4 is 22.4 Å². The van der Waals surface area contributed by atoms with Crippen LogP contribution in [0.2, 0.25) is 0 Å². The molecule has 2 bridgehead atoms. The van der Waals surface area contributed by atoms with Gasteiger partial charge in [0.25, 0.3) is 0 Å². The maximum atomic E-state index is 5.74. The number of rotatable bonds is 5. The van der Waals surface area contributed by atoms with Crippen molar-refractivity contribution in [3.05, 3.63) is 47.3 Å². The number of nitrogens with zero attached hydrogens (tertiary/aromatic N) is 3. The number of methoxy groups -OCH3 is 1. The van der Waals surface area contributed by atoms with Crippen molar-refractivity contribution in [3.8, 4) is 5.75 Å². The van der Waals surface area contributed by atoms with Crippen molar-refractivity contribution in [1.82, 2.24) is 14.5 Å². The minimum atomic E-state index is -0.0841. The van der Waals surface area contributed by atoms with Gasteiger partial charge in [-0.3, -0.25) is 9.67 Å². The molecule has 4 atom stereocenters. The normalized spacial score (nSPS) is 26.7. The number of hydrogen-bond acceptors (Lipinski definition) is 4. The van der Waals surface area contributed by atoms with Gasteiger partial charge in [-0.05, 0) is 54.4 Å². The average molecular weight is 383 g/mol. The Bertz CT molecular complexity index is 905. The van der Waals surface area contributed by atoms with Crippen LogP contribution in [0.4, 0.5) is 0 Å². The van der Waals surface area contributed by atoms with E-state index >= 15 is 0 Å². The van der Waals surface area contributed by atoms with Gasteiger partial charge in [-0.2, -0.15) is 5.10 Å². The number of benzene rings is 1. The van der Waals surface area contributed by atoms with Crippen molar-refractivity contribution < 1.29 is 4.74 Å². The highest BCUT2D eigenvalue weighted by atomic mass is 32.2. The topological polar surface area (TPSA) is 51.4 Å². The number of nitrogens with one attached hydrogen (secondary N) is 1. The van der Waals surface area contributed by atoms with Gasteiger partial charge in [0.15, 0.2) is 0 Å². The second-order valence-electron chi connectivity index (χ2n) is 7.94. The molecule has 3 aliphatic rings. The fourth-order valence-corrected chi connectivity index (χ4v) is 6.81. The molecular formula is C21H26N4OS. The predicted molar refractivity (Wildman–Crippen MR) is 112 cm³/mol.